The van der Waals surface area contributed by atoms with E-state index in [-0.39, 0.29) is 11.6 Å². The van der Waals surface area contributed by atoms with E-state index in [0.29, 0.717) is 11.4 Å². The number of nitrogens with zero attached hydrogens (tertiary/aromatic N) is 3. The van der Waals surface area contributed by atoms with Crippen molar-refractivity contribution >= 4 is 17.4 Å². The smallest absolute Gasteiger partial charge is 0.275 e. The number of carbonyl (C=O) groups is 1. The van der Waals surface area contributed by atoms with Crippen LogP contribution in [0.25, 0.3) is 0 Å². The van der Waals surface area contributed by atoms with Crippen LogP contribution in [0.5, 0.6) is 5.75 Å². The van der Waals surface area contributed by atoms with Gasteiger partial charge in [-0.3, -0.25) is 4.79 Å². The molecule has 2 aromatic rings. The van der Waals surface area contributed by atoms with Crippen molar-refractivity contribution in [2.75, 3.05) is 30.4 Å². The molecule has 1 aromatic heterocycles. The third-order valence-electron chi connectivity index (χ3n) is 3.91. The second-order valence-corrected chi connectivity index (χ2v) is 5.46. The van der Waals surface area contributed by atoms with Crippen molar-refractivity contribution in [2.24, 2.45) is 0 Å². The van der Waals surface area contributed by atoms with Gasteiger partial charge in [0, 0.05) is 13.1 Å². The zero-order valence-electron chi connectivity index (χ0n) is 13.2. The van der Waals surface area contributed by atoms with E-state index in [2.05, 4.69) is 20.2 Å². The van der Waals surface area contributed by atoms with E-state index < -0.39 is 0 Å². The molecule has 1 fully saturated rings. The van der Waals surface area contributed by atoms with E-state index in [9.17, 15) is 4.79 Å². The zero-order chi connectivity index (χ0) is 16.1. The number of aromatic nitrogens is 2. The van der Waals surface area contributed by atoms with Gasteiger partial charge in [-0.1, -0.05) is 12.1 Å². The van der Waals surface area contributed by atoms with E-state index in [1.807, 2.05) is 12.1 Å². The summed E-state index contributed by atoms with van der Waals surface area (Å²) in [6, 6.07) is 7.26. The highest BCUT2D eigenvalue weighted by atomic mass is 16.5. The number of hydrogen-bond acceptors (Lipinski definition) is 5. The molecule has 120 valence electrons. The molecule has 1 aromatic carbocycles. The van der Waals surface area contributed by atoms with Gasteiger partial charge in [0.15, 0.2) is 0 Å². The predicted molar refractivity (Wildman–Crippen MR) is 89.0 cm³/mol. The van der Waals surface area contributed by atoms with Crippen LogP contribution < -0.4 is 15.0 Å². The summed E-state index contributed by atoms with van der Waals surface area (Å²) in [4.78, 5) is 23.1. The standard InChI is InChI=1S/C17H20N4O2/c1-23-15-8-4-3-7-13(15)20-17(22)14-11-19-16(12-18-14)21-9-5-2-6-10-21/h3-4,7-8,11-12H,2,5-6,9-10H2,1H3,(H,20,22). The quantitative estimate of drug-likeness (QED) is 0.940. The molecule has 0 aliphatic carbocycles. The summed E-state index contributed by atoms with van der Waals surface area (Å²) < 4.78 is 5.22. The average Bonchev–Trinajstić information content (AvgIpc) is 2.63. The van der Waals surface area contributed by atoms with Crippen LogP contribution in [0.3, 0.4) is 0 Å². The molecular formula is C17H20N4O2. The van der Waals surface area contributed by atoms with Crippen LogP contribution in [-0.4, -0.2) is 36.1 Å². The fraction of sp³-hybridized carbons (Fsp3) is 0.353. The monoisotopic (exact) mass is 312 g/mol. The molecule has 3 rings (SSSR count). The second-order valence-electron chi connectivity index (χ2n) is 5.46. The average molecular weight is 312 g/mol. The minimum atomic E-state index is -0.299. The predicted octanol–water partition coefficient (Wildman–Crippen LogP) is 2.73. The van der Waals surface area contributed by atoms with Gasteiger partial charge < -0.3 is 15.0 Å². The van der Waals surface area contributed by atoms with Crippen LogP contribution in [0.1, 0.15) is 29.8 Å². The minimum absolute atomic E-state index is 0.289. The minimum Gasteiger partial charge on any atom is -0.495 e. The van der Waals surface area contributed by atoms with Crippen molar-refractivity contribution in [3.63, 3.8) is 0 Å². The van der Waals surface area contributed by atoms with Crippen molar-refractivity contribution in [1.82, 2.24) is 9.97 Å². The Labute approximate surface area is 135 Å². The lowest BCUT2D eigenvalue weighted by Gasteiger charge is -2.27. The van der Waals surface area contributed by atoms with Crippen LogP contribution in [0.2, 0.25) is 0 Å². The summed E-state index contributed by atoms with van der Waals surface area (Å²) in [7, 11) is 1.57. The summed E-state index contributed by atoms with van der Waals surface area (Å²) >= 11 is 0. The molecule has 0 unspecified atom stereocenters. The molecule has 0 bridgehead atoms. The Kier molecular flexibility index (Phi) is 4.71. The third-order valence-corrected chi connectivity index (χ3v) is 3.91. The van der Waals surface area contributed by atoms with Gasteiger partial charge in [0.05, 0.1) is 25.2 Å². The summed E-state index contributed by atoms with van der Waals surface area (Å²) in [5.41, 5.74) is 0.901. The van der Waals surface area contributed by atoms with E-state index in [4.69, 9.17) is 4.74 Å². The van der Waals surface area contributed by atoms with Crippen LogP contribution in [0.15, 0.2) is 36.7 Å². The molecule has 1 aliphatic heterocycles. The number of rotatable bonds is 4. The Bertz CT molecular complexity index is 667. The maximum absolute atomic E-state index is 12.3. The van der Waals surface area contributed by atoms with Crippen LogP contribution in [0, 0.1) is 0 Å². The van der Waals surface area contributed by atoms with E-state index in [0.717, 1.165) is 18.9 Å². The molecule has 1 aliphatic rings. The first-order valence-electron chi connectivity index (χ1n) is 7.79. The van der Waals surface area contributed by atoms with Crippen molar-refractivity contribution in [2.45, 2.75) is 19.3 Å². The molecule has 0 atom stereocenters. The van der Waals surface area contributed by atoms with Gasteiger partial charge in [0.25, 0.3) is 5.91 Å². The van der Waals surface area contributed by atoms with E-state index in [1.165, 1.54) is 25.5 Å². The molecule has 6 nitrogen and oxygen atoms in total. The Morgan fingerprint density at radius 1 is 1.13 bits per heavy atom. The van der Waals surface area contributed by atoms with Crippen molar-refractivity contribution in [1.29, 1.82) is 0 Å². The first-order valence-corrected chi connectivity index (χ1v) is 7.79. The van der Waals surface area contributed by atoms with Gasteiger partial charge in [-0.05, 0) is 31.4 Å². The van der Waals surface area contributed by atoms with Gasteiger partial charge in [0.1, 0.15) is 17.3 Å². The van der Waals surface area contributed by atoms with Gasteiger partial charge in [-0.15, -0.1) is 0 Å². The van der Waals surface area contributed by atoms with Crippen molar-refractivity contribution in [3.8, 4) is 5.75 Å². The molecule has 0 saturated carbocycles. The summed E-state index contributed by atoms with van der Waals surface area (Å²) in [5, 5.41) is 2.80. The van der Waals surface area contributed by atoms with Gasteiger partial charge >= 0.3 is 0 Å². The maximum Gasteiger partial charge on any atom is 0.275 e. The second kappa shape index (κ2) is 7.09. The fourth-order valence-electron chi connectivity index (χ4n) is 2.66. The lowest BCUT2D eigenvalue weighted by atomic mass is 10.1. The Balaban J connectivity index is 1.70. The number of amides is 1. The molecule has 6 heteroatoms. The number of anilines is 2. The molecular weight excluding hydrogens is 292 g/mol. The maximum atomic E-state index is 12.3. The number of ether oxygens (including phenoxy) is 1. The molecule has 1 N–H and O–H groups in total. The lowest BCUT2D eigenvalue weighted by molar-refractivity contribution is 0.102. The normalized spacial score (nSPS) is 14.4. The number of benzene rings is 1. The number of para-hydroxylation sites is 2. The SMILES string of the molecule is COc1ccccc1NC(=O)c1cnc(N2CCCCC2)cn1. The highest BCUT2D eigenvalue weighted by Gasteiger charge is 2.15. The number of methoxy groups -OCH3 is 1. The number of nitrogens with one attached hydrogen (secondary N) is 1. The Morgan fingerprint density at radius 2 is 1.91 bits per heavy atom. The highest BCUT2D eigenvalue weighted by Crippen LogP contribution is 2.23. The van der Waals surface area contributed by atoms with Crippen LogP contribution in [0.4, 0.5) is 11.5 Å². The van der Waals surface area contributed by atoms with E-state index >= 15 is 0 Å². The number of hydrogen-bond donors (Lipinski definition) is 1. The van der Waals surface area contributed by atoms with Gasteiger partial charge in [-0.25, -0.2) is 9.97 Å². The Hall–Kier alpha value is -2.63. The zero-order valence-corrected chi connectivity index (χ0v) is 13.2. The Morgan fingerprint density at radius 3 is 2.61 bits per heavy atom. The first-order chi connectivity index (χ1) is 11.3. The molecule has 2 heterocycles. The first kappa shape index (κ1) is 15.3. The number of piperidine rings is 1. The molecule has 1 amide bonds. The summed E-state index contributed by atoms with van der Waals surface area (Å²) in [6.45, 7) is 2.00. The van der Waals surface area contributed by atoms with Crippen molar-refractivity contribution < 1.29 is 9.53 Å². The molecule has 1 saturated heterocycles. The van der Waals surface area contributed by atoms with Gasteiger partial charge in [0.2, 0.25) is 0 Å². The third kappa shape index (κ3) is 3.59. The molecule has 0 radical (unpaired) electrons. The highest BCUT2D eigenvalue weighted by molar-refractivity contribution is 6.03. The molecule has 23 heavy (non-hydrogen) atoms. The van der Waals surface area contributed by atoms with Crippen LogP contribution >= 0.6 is 0 Å². The van der Waals surface area contributed by atoms with Gasteiger partial charge in [-0.2, -0.15) is 0 Å². The fourth-order valence-corrected chi connectivity index (χ4v) is 2.66. The van der Waals surface area contributed by atoms with Crippen LogP contribution in [-0.2, 0) is 0 Å². The van der Waals surface area contributed by atoms with Crippen molar-refractivity contribution in [3.05, 3.63) is 42.4 Å². The summed E-state index contributed by atoms with van der Waals surface area (Å²) in [6.07, 6.45) is 6.82. The topological polar surface area (TPSA) is 67.3 Å². The summed E-state index contributed by atoms with van der Waals surface area (Å²) in [5.74, 6) is 1.14. The van der Waals surface area contributed by atoms with E-state index in [1.54, 1.807) is 25.4 Å². The molecule has 0 spiro atoms. The largest absolute Gasteiger partial charge is 0.495 e. The number of carbonyl (C=O) groups excluding carboxylic acids is 1. The lowest BCUT2D eigenvalue weighted by Crippen LogP contribution is -2.30.